The van der Waals surface area contributed by atoms with Gasteiger partial charge in [-0.2, -0.15) is 0 Å². The zero-order valence-corrected chi connectivity index (χ0v) is 19.4. The molecule has 0 unspecified atom stereocenters. The molecule has 4 nitrogen and oxygen atoms in total. The summed E-state index contributed by atoms with van der Waals surface area (Å²) in [6.45, 7) is 8.70. The molecule has 0 saturated heterocycles. The molecule has 0 atom stereocenters. The van der Waals surface area contributed by atoms with E-state index in [1.165, 1.54) is 35.1 Å². The van der Waals surface area contributed by atoms with Gasteiger partial charge in [-0.1, -0.05) is 81.5 Å². The molecular formula is C27H36N2O2. The van der Waals surface area contributed by atoms with Gasteiger partial charge in [-0.25, -0.2) is 0 Å². The Morgan fingerprint density at radius 2 is 1.29 bits per heavy atom. The molecule has 2 aromatic rings. The van der Waals surface area contributed by atoms with Gasteiger partial charge in [-0.3, -0.25) is 0 Å². The highest BCUT2D eigenvalue weighted by Crippen LogP contribution is 2.53. The van der Waals surface area contributed by atoms with Gasteiger partial charge in [0.2, 0.25) is 0 Å². The summed E-state index contributed by atoms with van der Waals surface area (Å²) >= 11 is 0. The van der Waals surface area contributed by atoms with E-state index in [0.717, 1.165) is 48.9 Å². The number of fused-ring (bicyclic) bond motifs is 3. The Labute approximate surface area is 186 Å². The smallest absolute Gasteiger partial charge is 0.0867 e. The van der Waals surface area contributed by atoms with Gasteiger partial charge < -0.3 is 10.4 Å². The standard InChI is InChI=1S/C27H36N2O2/c1-5-9-10-11-12-26(29-31)20-14-16-22-21-15-13-19(25(6-2)28-30)17-23(21)27(7-3,8-4)24(22)18-20/h13-18,30-31H,5-12H2,1-4H3/b28-25+,29-26+. The van der Waals surface area contributed by atoms with E-state index in [1.807, 2.05) is 6.92 Å². The summed E-state index contributed by atoms with van der Waals surface area (Å²) in [7, 11) is 0. The fourth-order valence-electron chi connectivity index (χ4n) is 5.17. The van der Waals surface area contributed by atoms with Crippen LogP contribution in [0.3, 0.4) is 0 Å². The third-order valence-corrected chi connectivity index (χ3v) is 7.08. The van der Waals surface area contributed by atoms with E-state index in [2.05, 4.69) is 67.5 Å². The second kappa shape index (κ2) is 10.1. The first kappa shape index (κ1) is 23.1. The predicted molar refractivity (Wildman–Crippen MR) is 129 cm³/mol. The minimum absolute atomic E-state index is 0.0895. The van der Waals surface area contributed by atoms with Crippen molar-refractivity contribution in [3.8, 4) is 11.1 Å². The zero-order chi connectivity index (χ0) is 22.4. The van der Waals surface area contributed by atoms with Crippen molar-refractivity contribution in [2.45, 2.75) is 84.5 Å². The van der Waals surface area contributed by atoms with Crippen LogP contribution in [-0.2, 0) is 5.41 Å². The molecule has 0 aliphatic heterocycles. The number of benzene rings is 2. The van der Waals surface area contributed by atoms with Gasteiger partial charge in [0, 0.05) is 5.41 Å². The Balaban J connectivity index is 2.06. The maximum atomic E-state index is 9.71. The molecule has 1 aliphatic rings. The second-order valence-corrected chi connectivity index (χ2v) is 8.57. The average molecular weight is 421 g/mol. The molecule has 0 amide bonds. The number of unbranched alkanes of at least 4 members (excludes halogenated alkanes) is 3. The molecule has 3 rings (SSSR count). The molecule has 2 N–H and O–H groups in total. The van der Waals surface area contributed by atoms with Gasteiger partial charge in [-0.05, 0) is 77.6 Å². The Bertz CT molecular complexity index is 971. The van der Waals surface area contributed by atoms with Crippen molar-refractivity contribution in [3.05, 3.63) is 58.7 Å². The molecule has 0 bridgehead atoms. The zero-order valence-electron chi connectivity index (χ0n) is 19.4. The number of oxime groups is 2. The molecular weight excluding hydrogens is 384 g/mol. The van der Waals surface area contributed by atoms with Crippen LogP contribution in [0.5, 0.6) is 0 Å². The van der Waals surface area contributed by atoms with Crippen LogP contribution in [0.4, 0.5) is 0 Å². The Hall–Kier alpha value is -2.62. The maximum absolute atomic E-state index is 9.71. The summed E-state index contributed by atoms with van der Waals surface area (Å²) in [4.78, 5) is 0. The van der Waals surface area contributed by atoms with Gasteiger partial charge in [0.05, 0.1) is 11.4 Å². The largest absolute Gasteiger partial charge is 0.411 e. The van der Waals surface area contributed by atoms with E-state index < -0.39 is 0 Å². The number of hydrogen-bond acceptors (Lipinski definition) is 4. The highest BCUT2D eigenvalue weighted by molar-refractivity contribution is 6.03. The van der Waals surface area contributed by atoms with Crippen molar-refractivity contribution in [2.24, 2.45) is 10.3 Å². The normalized spacial score (nSPS) is 15.1. The highest BCUT2D eigenvalue weighted by Gasteiger charge is 2.41. The number of nitrogens with zero attached hydrogens (tertiary/aromatic N) is 2. The first-order chi connectivity index (χ1) is 15.1. The molecule has 166 valence electrons. The highest BCUT2D eigenvalue weighted by atomic mass is 16.4. The van der Waals surface area contributed by atoms with Gasteiger partial charge >= 0.3 is 0 Å². The van der Waals surface area contributed by atoms with Crippen LogP contribution in [0, 0.1) is 0 Å². The van der Waals surface area contributed by atoms with Gasteiger partial charge in [0.25, 0.3) is 0 Å². The molecule has 31 heavy (non-hydrogen) atoms. The van der Waals surface area contributed by atoms with E-state index in [4.69, 9.17) is 0 Å². The quantitative estimate of drug-likeness (QED) is 0.181. The van der Waals surface area contributed by atoms with E-state index in [0.29, 0.717) is 12.1 Å². The Morgan fingerprint density at radius 1 is 0.742 bits per heavy atom. The maximum Gasteiger partial charge on any atom is 0.0867 e. The lowest BCUT2D eigenvalue weighted by Crippen LogP contribution is -2.24. The third kappa shape index (κ3) is 4.13. The lowest BCUT2D eigenvalue weighted by Gasteiger charge is -2.30. The van der Waals surface area contributed by atoms with Crippen LogP contribution in [0.25, 0.3) is 11.1 Å². The summed E-state index contributed by atoms with van der Waals surface area (Å²) in [5.41, 5.74) is 8.54. The molecule has 1 aliphatic carbocycles. The van der Waals surface area contributed by atoms with Crippen LogP contribution in [0.1, 0.15) is 101 Å². The minimum atomic E-state index is -0.0895. The van der Waals surface area contributed by atoms with E-state index in [1.54, 1.807) is 0 Å². The van der Waals surface area contributed by atoms with Crippen LogP contribution < -0.4 is 0 Å². The SMILES string of the molecule is CCCCCC/C(=N\O)c1ccc2c(c1)C(CC)(CC)c1cc(/C(CC)=N/O)ccc1-2. The monoisotopic (exact) mass is 420 g/mol. The molecule has 2 aromatic carbocycles. The van der Waals surface area contributed by atoms with Gasteiger partial charge in [-0.15, -0.1) is 0 Å². The molecule has 0 saturated carbocycles. The number of hydrogen-bond donors (Lipinski definition) is 2. The van der Waals surface area contributed by atoms with Crippen molar-refractivity contribution in [2.75, 3.05) is 0 Å². The second-order valence-electron chi connectivity index (χ2n) is 8.57. The van der Waals surface area contributed by atoms with Crippen LogP contribution in [0.2, 0.25) is 0 Å². The lowest BCUT2D eigenvalue weighted by molar-refractivity contribution is 0.317. The molecule has 0 radical (unpaired) electrons. The molecule has 0 fully saturated rings. The van der Waals surface area contributed by atoms with Crippen molar-refractivity contribution < 1.29 is 10.4 Å². The Morgan fingerprint density at radius 3 is 1.74 bits per heavy atom. The summed E-state index contributed by atoms with van der Waals surface area (Å²) in [5.74, 6) is 0. The van der Waals surface area contributed by atoms with Crippen molar-refractivity contribution in [1.29, 1.82) is 0 Å². The summed E-state index contributed by atoms with van der Waals surface area (Å²) < 4.78 is 0. The third-order valence-electron chi connectivity index (χ3n) is 7.08. The molecule has 0 spiro atoms. The van der Waals surface area contributed by atoms with Crippen LogP contribution >= 0.6 is 0 Å². The topological polar surface area (TPSA) is 65.2 Å². The molecule has 0 aromatic heterocycles. The number of rotatable bonds is 10. The fourth-order valence-corrected chi connectivity index (χ4v) is 5.17. The van der Waals surface area contributed by atoms with E-state index in [9.17, 15) is 10.4 Å². The predicted octanol–water partition coefficient (Wildman–Crippen LogP) is 7.51. The van der Waals surface area contributed by atoms with Crippen LogP contribution in [0.15, 0.2) is 46.7 Å². The van der Waals surface area contributed by atoms with Gasteiger partial charge in [0.1, 0.15) is 0 Å². The summed E-state index contributed by atoms with van der Waals surface area (Å²) in [6, 6.07) is 13.0. The minimum Gasteiger partial charge on any atom is -0.411 e. The van der Waals surface area contributed by atoms with Crippen molar-refractivity contribution in [1.82, 2.24) is 0 Å². The first-order valence-electron chi connectivity index (χ1n) is 11.8. The lowest BCUT2D eigenvalue weighted by atomic mass is 9.73. The molecule has 4 heteroatoms. The summed E-state index contributed by atoms with van der Waals surface area (Å²) in [6.07, 6.45) is 8.06. The van der Waals surface area contributed by atoms with E-state index in [-0.39, 0.29) is 5.41 Å². The Kier molecular flexibility index (Phi) is 7.53. The first-order valence-corrected chi connectivity index (χ1v) is 11.8. The fraction of sp³-hybridized carbons (Fsp3) is 0.481. The van der Waals surface area contributed by atoms with Crippen LogP contribution in [-0.4, -0.2) is 21.8 Å². The summed E-state index contributed by atoms with van der Waals surface area (Å²) in [5, 5.41) is 26.3. The molecule has 0 heterocycles. The van der Waals surface area contributed by atoms with E-state index >= 15 is 0 Å². The van der Waals surface area contributed by atoms with Gasteiger partial charge in [0.15, 0.2) is 0 Å². The van der Waals surface area contributed by atoms with Crippen molar-refractivity contribution >= 4 is 11.4 Å². The average Bonchev–Trinajstić information content (AvgIpc) is 3.09. The van der Waals surface area contributed by atoms with Crippen molar-refractivity contribution in [3.63, 3.8) is 0 Å².